The number of Topliss-reactive ketones (excluding diaryl/α,β-unsaturated/α-hetero) is 1. The third-order valence-corrected chi connectivity index (χ3v) is 6.76. The molecule has 4 atom stereocenters. The maximum absolute atomic E-state index is 12.9. The molecule has 0 amide bonds. The predicted molar refractivity (Wildman–Crippen MR) is 103 cm³/mol. The van der Waals surface area contributed by atoms with Gasteiger partial charge in [0, 0.05) is 12.0 Å². The van der Waals surface area contributed by atoms with Crippen LogP contribution in [-0.2, 0) is 14.3 Å². The Morgan fingerprint density at radius 2 is 2.14 bits per heavy atom. The van der Waals surface area contributed by atoms with Gasteiger partial charge in [-0.1, -0.05) is 19.1 Å². The van der Waals surface area contributed by atoms with Crippen molar-refractivity contribution in [1.82, 2.24) is 0 Å². The molecule has 1 saturated heterocycles. The molecule has 1 saturated carbocycles. The molecule has 2 bridgehead atoms. The molecule has 146 valence electrons. The smallest absolute Gasteiger partial charge is 0.231 e. The standard InChI is InChI=1S/C23H24O5/c1-4-5-16-21(24)20(25-3)11-23-10-15(28-22(16)23)9-17(13(23)2)14-6-7-18-19(8-14)27-12-26-18/h4,6-8,11,13,15,17H,1,5,9-10,12H2,2-3H3. The Kier molecular flexibility index (Phi) is 3.83. The number of methoxy groups -OCH3 is 1. The van der Waals surface area contributed by atoms with Gasteiger partial charge in [-0.2, -0.15) is 0 Å². The van der Waals surface area contributed by atoms with Gasteiger partial charge >= 0.3 is 0 Å². The van der Waals surface area contributed by atoms with E-state index in [4.69, 9.17) is 18.9 Å². The van der Waals surface area contributed by atoms with E-state index in [0.717, 1.165) is 30.1 Å². The number of benzene rings is 1. The fourth-order valence-corrected chi connectivity index (χ4v) is 5.37. The van der Waals surface area contributed by atoms with Crippen LogP contribution in [0, 0.1) is 11.3 Å². The second-order valence-electron chi connectivity index (χ2n) is 8.07. The third-order valence-electron chi connectivity index (χ3n) is 6.76. The summed E-state index contributed by atoms with van der Waals surface area (Å²) in [7, 11) is 1.56. The number of carbonyl (C=O) groups excluding carboxylic acids is 1. The molecule has 0 aromatic heterocycles. The summed E-state index contributed by atoms with van der Waals surface area (Å²) in [4.78, 5) is 12.9. The van der Waals surface area contributed by atoms with Crippen LogP contribution in [0.1, 0.15) is 37.7 Å². The highest BCUT2D eigenvalue weighted by atomic mass is 16.7. The first-order valence-corrected chi connectivity index (χ1v) is 9.79. The highest BCUT2D eigenvalue weighted by Crippen LogP contribution is 2.62. The number of carbonyl (C=O) groups is 1. The van der Waals surface area contributed by atoms with Crippen molar-refractivity contribution in [3.8, 4) is 11.5 Å². The summed E-state index contributed by atoms with van der Waals surface area (Å²) in [5, 5.41) is 0. The molecule has 4 aliphatic rings. The lowest BCUT2D eigenvalue weighted by molar-refractivity contribution is -0.115. The van der Waals surface area contributed by atoms with Crippen molar-refractivity contribution >= 4 is 5.78 Å². The Balaban J connectivity index is 1.60. The van der Waals surface area contributed by atoms with Crippen LogP contribution in [0.2, 0.25) is 0 Å². The molecule has 5 nitrogen and oxygen atoms in total. The van der Waals surface area contributed by atoms with E-state index in [0.29, 0.717) is 23.7 Å². The van der Waals surface area contributed by atoms with Crippen molar-refractivity contribution in [3.05, 3.63) is 59.6 Å². The van der Waals surface area contributed by atoms with Crippen LogP contribution < -0.4 is 9.47 Å². The molecule has 2 aliphatic carbocycles. The second kappa shape index (κ2) is 6.16. The van der Waals surface area contributed by atoms with Gasteiger partial charge in [-0.15, -0.1) is 6.58 Å². The molecular weight excluding hydrogens is 356 g/mol. The fourth-order valence-electron chi connectivity index (χ4n) is 5.37. The first kappa shape index (κ1) is 17.4. The highest BCUT2D eigenvalue weighted by molar-refractivity contribution is 6.08. The summed E-state index contributed by atoms with van der Waals surface area (Å²) in [5.74, 6) is 3.31. The molecule has 0 N–H and O–H groups in total. The Hall–Kier alpha value is -2.69. The number of hydrogen-bond donors (Lipinski definition) is 0. The number of hydrogen-bond acceptors (Lipinski definition) is 5. The van der Waals surface area contributed by atoms with E-state index in [2.05, 4.69) is 25.6 Å². The van der Waals surface area contributed by atoms with Gasteiger partial charge in [0.15, 0.2) is 17.3 Å². The molecule has 1 spiro atoms. The van der Waals surface area contributed by atoms with Crippen LogP contribution in [0.3, 0.4) is 0 Å². The first-order chi connectivity index (χ1) is 13.6. The average molecular weight is 380 g/mol. The maximum Gasteiger partial charge on any atom is 0.231 e. The van der Waals surface area contributed by atoms with Crippen LogP contribution >= 0.6 is 0 Å². The van der Waals surface area contributed by atoms with E-state index < -0.39 is 0 Å². The second-order valence-corrected chi connectivity index (χ2v) is 8.07. The van der Waals surface area contributed by atoms with E-state index >= 15 is 0 Å². The third kappa shape index (κ3) is 2.28. The Morgan fingerprint density at radius 1 is 1.32 bits per heavy atom. The van der Waals surface area contributed by atoms with Crippen LogP contribution in [0.15, 0.2) is 54.0 Å². The van der Waals surface area contributed by atoms with Crippen molar-refractivity contribution < 1.29 is 23.7 Å². The van der Waals surface area contributed by atoms with Gasteiger partial charge in [0.25, 0.3) is 0 Å². The molecule has 5 heteroatoms. The number of rotatable bonds is 4. The van der Waals surface area contributed by atoms with Gasteiger partial charge in [0.1, 0.15) is 11.9 Å². The number of ketones is 1. The number of ether oxygens (including phenoxy) is 4. The quantitative estimate of drug-likeness (QED) is 0.731. The number of allylic oxidation sites excluding steroid dienone is 3. The van der Waals surface area contributed by atoms with Gasteiger partial charge < -0.3 is 18.9 Å². The molecule has 0 radical (unpaired) electrons. The van der Waals surface area contributed by atoms with Gasteiger partial charge in [-0.25, -0.2) is 0 Å². The summed E-state index contributed by atoms with van der Waals surface area (Å²) in [5.41, 5.74) is 1.59. The van der Waals surface area contributed by atoms with Crippen LogP contribution in [0.25, 0.3) is 0 Å². The van der Waals surface area contributed by atoms with E-state index in [1.54, 1.807) is 13.2 Å². The molecule has 1 aromatic carbocycles. The zero-order valence-electron chi connectivity index (χ0n) is 16.2. The van der Waals surface area contributed by atoms with Crippen molar-refractivity contribution in [2.75, 3.05) is 13.9 Å². The van der Waals surface area contributed by atoms with E-state index in [1.165, 1.54) is 5.56 Å². The van der Waals surface area contributed by atoms with Gasteiger partial charge in [-0.3, -0.25) is 4.79 Å². The fraction of sp³-hybridized carbons (Fsp3) is 0.435. The minimum atomic E-state index is -0.318. The lowest BCUT2D eigenvalue weighted by Crippen LogP contribution is -2.38. The van der Waals surface area contributed by atoms with E-state index in [9.17, 15) is 4.79 Å². The van der Waals surface area contributed by atoms with Crippen molar-refractivity contribution in [3.63, 3.8) is 0 Å². The monoisotopic (exact) mass is 380 g/mol. The summed E-state index contributed by atoms with van der Waals surface area (Å²) < 4.78 is 22.9. The zero-order valence-corrected chi connectivity index (χ0v) is 16.2. The predicted octanol–water partition coefficient (Wildman–Crippen LogP) is 4.26. The van der Waals surface area contributed by atoms with Crippen molar-refractivity contribution in [2.24, 2.45) is 11.3 Å². The summed E-state index contributed by atoms with van der Waals surface area (Å²) >= 11 is 0. The molecule has 4 unspecified atom stereocenters. The minimum absolute atomic E-state index is 0.0811. The van der Waals surface area contributed by atoms with Gasteiger partial charge in [0.05, 0.1) is 12.5 Å². The van der Waals surface area contributed by atoms with Crippen LogP contribution in [0.4, 0.5) is 0 Å². The normalized spacial score (nSPS) is 32.6. The first-order valence-electron chi connectivity index (χ1n) is 9.79. The lowest BCUT2D eigenvalue weighted by atomic mass is 9.58. The molecular formula is C23H24O5. The maximum atomic E-state index is 12.9. The van der Waals surface area contributed by atoms with E-state index in [-0.39, 0.29) is 30.0 Å². The zero-order chi connectivity index (χ0) is 19.5. The Morgan fingerprint density at radius 3 is 2.93 bits per heavy atom. The highest BCUT2D eigenvalue weighted by Gasteiger charge is 2.58. The van der Waals surface area contributed by atoms with Crippen molar-refractivity contribution in [1.29, 1.82) is 0 Å². The molecule has 2 aliphatic heterocycles. The number of fused-ring (bicyclic) bond motifs is 2. The summed E-state index contributed by atoms with van der Waals surface area (Å²) in [6, 6.07) is 6.20. The SMILES string of the molecule is C=CCC1=C2OC3CC(c4ccc5c(c4)OCO5)C(C)C2(C=C(OC)C1=O)C3. The largest absolute Gasteiger partial charge is 0.493 e. The summed E-state index contributed by atoms with van der Waals surface area (Å²) in [6.07, 6.45) is 6.15. The Bertz CT molecular complexity index is 927. The molecule has 28 heavy (non-hydrogen) atoms. The van der Waals surface area contributed by atoms with Gasteiger partial charge in [-0.05, 0) is 48.4 Å². The van der Waals surface area contributed by atoms with Gasteiger partial charge in [0.2, 0.25) is 12.6 Å². The molecule has 2 heterocycles. The topological polar surface area (TPSA) is 54.0 Å². The lowest BCUT2D eigenvalue weighted by Gasteiger charge is -2.42. The van der Waals surface area contributed by atoms with Crippen LogP contribution in [0.5, 0.6) is 11.5 Å². The molecule has 2 fully saturated rings. The molecule has 1 aromatic rings. The average Bonchev–Trinajstić information content (AvgIpc) is 3.29. The van der Waals surface area contributed by atoms with E-state index in [1.807, 2.05) is 12.1 Å². The Labute approximate surface area is 164 Å². The minimum Gasteiger partial charge on any atom is -0.493 e. The van der Waals surface area contributed by atoms with Crippen LogP contribution in [-0.4, -0.2) is 25.8 Å². The van der Waals surface area contributed by atoms with Crippen molar-refractivity contribution in [2.45, 2.75) is 38.2 Å². The molecule has 5 rings (SSSR count). The summed E-state index contributed by atoms with van der Waals surface area (Å²) in [6.45, 7) is 6.35.